The maximum atomic E-state index is 12.4. The van der Waals surface area contributed by atoms with Crippen molar-refractivity contribution in [2.45, 2.75) is 109 Å². The standard InChI is InChI=1S/C19H34O2/c1-2-3-8-13-19(14-9-5-10-15-19)16-18(20)21-17-11-6-4-7-12-17/h17H,2-16H2,1H3. The molecule has 122 valence electrons. The van der Waals surface area contributed by atoms with Gasteiger partial charge in [-0.25, -0.2) is 0 Å². The van der Waals surface area contributed by atoms with Crippen molar-refractivity contribution in [1.29, 1.82) is 0 Å². The van der Waals surface area contributed by atoms with Crippen LogP contribution in [-0.4, -0.2) is 12.1 Å². The summed E-state index contributed by atoms with van der Waals surface area (Å²) in [6.07, 6.45) is 18.4. The molecule has 2 aliphatic carbocycles. The molecule has 0 N–H and O–H groups in total. The summed E-state index contributed by atoms with van der Waals surface area (Å²) in [5.41, 5.74) is 0.277. The van der Waals surface area contributed by atoms with Crippen LogP contribution in [0.2, 0.25) is 0 Å². The van der Waals surface area contributed by atoms with Gasteiger partial charge in [-0.2, -0.15) is 0 Å². The number of hydrogen-bond acceptors (Lipinski definition) is 2. The van der Waals surface area contributed by atoms with Gasteiger partial charge in [0, 0.05) is 0 Å². The molecule has 0 unspecified atom stereocenters. The van der Waals surface area contributed by atoms with E-state index >= 15 is 0 Å². The fraction of sp³-hybridized carbons (Fsp3) is 0.947. The minimum Gasteiger partial charge on any atom is -0.462 e. The van der Waals surface area contributed by atoms with Gasteiger partial charge in [0.25, 0.3) is 0 Å². The molecule has 21 heavy (non-hydrogen) atoms. The van der Waals surface area contributed by atoms with Gasteiger partial charge in [0.05, 0.1) is 6.42 Å². The predicted molar refractivity (Wildman–Crippen MR) is 87.2 cm³/mol. The summed E-state index contributed by atoms with van der Waals surface area (Å²) in [5, 5.41) is 0. The van der Waals surface area contributed by atoms with E-state index in [1.54, 1.807) is 0 Å². The molecule has 0 aromatic rings. The first-order valence-electron chi connectivity index (χ1n) is 9.44. The predicted octanol–water partition coefficient (Wildman–Crippen LogP) is 5.78. The molecule has 0 radical (unpaired) electrons. The van der Waals surface area contributed by atoms with Crippen molar-refractivity contribution >= 4 is 5.97 Å². The van der Waals surface area contributed by atoms with Crippen molar-refractivity contribution in [1.82, 2.24) is 0 Å². The maximum absolute atomic E-state index is 12.4. The summed E-state index contributed by atoms with van der Waals surface area (Å²) in [6.45, 7) is 2.25. The number of ether oxygens (including phenoxy) is 1. The Balaban J connectivity index is 1.82. The third kappa shape index (κ3) is 5.64. The molecule has 2 fully saturated rings. The van der Waals surface area contributed by atoms with E-state index in [1.807, 2.05) is 0 Å². The summed E-state index contributed by atoms with van der Waals surface area (Å²) in [4.78, 5) is 12.4. The molecule has 0 amide bonds. The Morgan fingerprint density at radius 2 is 1.67 bits per heavy atom. The summed E-state index contributed by atoms with van der Waals surface area (Å²) in [5.74, 6) is 0.0975. The molecule has 0 aliphatic heterocycles. The number of carbonyl (C=O) groups is 1. The second-order valence-electron chi connectivity index (χ2n) is 7.44. The Kier molecular flexibility index (Phi) is 7.06. The van der Waals surface area contributed by atoms with Crippen molar-refractivity contribution in [3.05, 3.63) is 0 Å². The lowest BCUT2D eigenvalue weighted by molar-refractivity contribution is -0.154. The molecular weight excluding hydrogens is 260 g/mol. The Labute approximate surface area is 131 Å². The summed E-state index contributed by atoms with van der Waals surface area (Å²) in [6, 6.07) is 0. The Morgan fingerprint density at radius 1 is 1.00 bits per heavy atom. The van der Waals surface area contributed by atoms with Gasteiger partial charge in [-0.3, -0.25) is 4.79 Å². The van der Waals surface area contributed by atoms with E-state index in [9.17, 15) is 4.79 Å². The molecule has 0 aromatic carbocycles. The fourth-order valence-corrected chi connectivity index (χ4v) is 4.28. The third-order valence-corrected chi connectivity index (χ3v) is 5.59. The lowest BCUT2D eigenvalue weighted by atomic mass is 9.69. The number of hydrogen-bond donors (Lipinski definition) is 0. The van der Waals surface area contributed by atoms with Crippen LogP contribution in [0.1, 0.15) is 103 Å². The molecule has 2 heteroatoms. The molecule has 0 aromatic heterocycles. The summed E-state index contributed by atoms with van der Waals surface area (Å²) in [7, 11) is 0. The van der Waals surface area contributed by atoms with Gasteiger partial charge in [0.15, 0.2) is 0 Å². The average molecular weight is 294 g/mol. The molecule has 2 saturated carbocycles. The average Bonchev–Trinajstić information content (AvgIpc) is 2.49. The van der Waals surface area contributed by atoms with E-state index < -0.39 is 0 Å². The number of unbranched alkanes of at least 4 members (excludes halogenated alkanes) is 2. The highest BCUT2D eigenvalue weighted by Crippen LogP contribution is 2.44. The molecular formula is C19H34O2. The Bertz CT molecular complexity index is 299. The zero-order valence-corrected chi connectivity index (χ0v) is 14.0. The van der Waals surface area contributed by atoms with Crippen molar-refractivity contribution in [2.24, 2.45) is 5.41 Å². The molecule has 0 spiro atoms. The van der Waals surface area contributed by atoms with Gasteiger partial charge >= 0.3 is 5.97 Å². The van der Waals surface area contributed by atoms with Gasteiger partial charge in [0.2, 0.25) is 0 Å². The van der Waals surface area contributed by atoms with Crippen LogP contribution < -0.4 is 0 Å². The minimum atomic E-state index is 0.0975. The van der Waals surface area contributed by atoms with Crippen LogP contribution in [0.5, 0.6) is 0 Å². The van der Waals surface area contributed by atoms with E-state index in [1.165, 1.54) is 77.0 Å². The van der Waals surface area contributed by atoms with Crippen LogP contribution in [0.15, 0.2) is 0 Å². The van der Waals surface area contributed by atoms with Crippen LogP contribution in [0, 0.1) is 5.41 Å². The number of esters is 1. The second-order valence-corrected chi connectivity index (χ2v) is 7.44. The molecule has 0 heterocycles. The lowest BCUT2D eigenvalue weighted by Crippen LogP contribution is -2.30. The van der Waals surface area contributed by atoms with Crippen LogP contribution in [0.25, 0.3) is 0 Å². The summed E-state index contributed by atoms with van der Waals surface area (Å²) < 4.78 is 5.79. The van der Waals surface area contributed by atoms with Crippen molar-refractivity contribution in [3.8, 4) is 0 Å². The Morgan fingerprint density at radius 3 is 2.33 bits per heavy atom. The van der Waals surface area contributed by atoms with E-state index in [0.717, 1.165) is 12.8 Å². The van der Waals surface area contributed by atoms with Crippen molar-refractivity contribution in [2.75, 3.05) is 0 Å². The van der Waals surface area contributed by atoms with Gasteiger partial charge < -0.3 is 4.74 Å². The monoisotopic (exact) mass is 294 g/mol. The third-order valence-electron chi connectivity index (χ3n) is 5.59. The topological polar surface area (TPSA) is 26.3 Å². The zero-order chi connectivity index (χ0) is 15.0. The van der Waals surface area contributed by atoms with E-state index in [4.69, 9.17) is 4.74 Å². The van der Waals surface area contributed by atoms with Crippen molar-refractivity contribution < 1.29 is 9.53 Å². The fourth-order valence-electron chi connectivity index (χ4n) is 4.28. The highest BCUT2D eigenvalue weighted by molar-refractivity contribution is 5.70. The van der Waals surface area contributed by atoms with Gasteiger partial charge in [-0.1, -0.05) is 51.9 Å². The second kappa shape index (κ2) is 8.80. The first kappa shape index (κ1) is 16.8. The molecule has 2 nitrogen and oxygen atoms in total. The van der Waals surface area contributed by atoms with Gasteiger partial charge in [-0.05, 0) is 50.4 Å². The van der Waals surface area contributed by atoms with Gasteiger partial charge in [-0.15, -0.1) is 0 Å². The van der Waals surface area contributed by atoms with Crippen LogP contribution in [0.3, 0.4) is 0 Å². The quantitative estimate of drug-likeness (QED) is 0.439. The van der Waals surface area contributed by atoms with E-state index in [-0.39, 0.29) is 17.5 Å². The van der Waals surface area contributed by atoms with Crippen LogP contribution in [-0.2, 0) is 9.53 Å². The molecule has 2 aliphatic rings. The molecule has 2 rings (SSSR count). The Hall–Kier alpha value is -0.530. The van der Waals surface area contributed by atoms with E-state index in [0.29, 0.717) is 6.42 Å². The smallest absolute Gasteiger partial charge is 0.306 e. The largest absolute Gasteiger partial charge is 0.462 e. The first-order chi connectivity index (χ1) is 10.2. The summed E-state index contributed by atoms with van der Waals surface area (Å²) >= 11 is 0. The highest BCUT2D eigenvalue weighted by atomic mass is 16.5. The van der Waals surface area contributed by atoms with Crippen molar-refractivity contribution in [3.63, 3.8) is 0 Å². The van der Waals surface area contributed by atoms with Gasteiger partial charge in [0.1, 0.15) is 6.10 Å². The first-order valence-corrected chi connectivity index (χ1v) is 9.44. The number of rotatable bonds is 7. The normalized spacial score (nSPS) is 22.9. The van der Waals surface area contributed by atoms with Crippen LogP contribution in [0.4, 0.5) is 0 Å². The maximum Gasteiger partial charge on any atom is 0.306 e. The van der Waals surface area contributed by atoms with Crippen LogP contribution >= 0.6 is 0 Å². The molecule has 0 saturated heterocycles. The minimum absolute atomic E-state index is 0.0975. The van der Waals surface area contributed by atoms with E-state index in [2.05, 4.69) is 6.92 Å². The SMILES string of the molecule is CCCCCC1(CC(=O)OC2CCCCC2)CCCCC1. The highest BCUT2D eigenvalue weighted by Gasteiger charge is 2.35. The molecule has 0 atom stereocenters. The molecule has 0 bridgehead atoms. The zero-order valence-electron chi connectivity index (χ0n) is 14.0. The number of carbonyl (C=O) groups excluding carboxylic acids is 1. The lowest BCUT2D eigenvalue weighted by Gasteiger charge is -2.37.